The van der Waals surface area contributed by atoms with Crippen molar-refractivity contribution in [3.8, 4) is 5.75 Å². The Hall–Kier alpha value is -2.58. The lowest BCUT2D eigenvalue weighted by molar-refractivity contribution is 0.0660. The predicted octanol–water partition coefficient (Wildman–Crippen LogP) is 3.98. The molecule has 186 valence electrons. The Morgan fingerprint density at radius 2 is 2.09 bits per heavy atom. The number of likely N-dealkylation sites (tertiary alicyclic amines) is 1. The molecular formula is C27H37BFN5O. The zero-order valence-corrected chi connectivity index (χ0v) is 21.4. The minimum absolute atomic E-state index is 0.134. The van der Waals surface area contributed by atoms with E-state index in [-0.39, 0.29) is 12.1 Å². The van der Waals surface area contributed by atoms with Crippen molar-refractivity contribution >= 4 is 19.2 Å². The number of hydrogen-bond donors (Lipinski definition) is 2. The van der Waals surface area contributed by atoms with Gasteiger partial charge < -0.3 is 15.4 Å². The van der Waals surface area contributed by atoms with E-state index < -0.39 is 5.67 Å². The van der Waals surface area contributed by atoms with Crippen molar-refractivity contribution in [2.45, 2.75) is 63.7 Å². The van der Waals surface area contributed by atoms with Gasteiger partial charge in [0.05, 0.1) is 35.3 Å². The topological polar surface area (TPSA) is 52.7 Å². The maximum atomic E-state index is 14.9. The van der Waals surface area contributed by atoms with Gasteiger partial charge >= 0.3 is 0 Å². The molecule has 1 unspecified atom stereocenters. The Balaban J connectivity index is 1.40. The summed E-state index contributed by atoms with van der Waals surface area (Å²) in [6.45, 7) is 13.1. The summed E-state index contributed by atoms with van der Waals surface area (Å²) < 4.78 is 20.9. The van der Waals surface area contributed by atoms with Gasteiger partial charge in [-0.3, -0.25) is 14.8 Å². The van der Waals surface area contributed by atoms with Crippen molar-refractivity contribution in [2.75, 3.05) is 36.8 Å². The number of halogens is 1. The number of alkyl halides is 1. The molecule has 8 heteroatoms. The summed E-state index contributed by atoms with van der Waals surface area (Å²) in [7, 11) is 2.23. The molecular weight excluding hydrogens is 440 g/mol. The van der Waals surface area contributed by atoms with Crippen LogP contribution in [0.3, 0.4) is 0 Å². The van der Waals surface area contributed by atoms with Gasteiger partial charge in [-0.25, -0.2) is 4.39 Å². The first-order valence-electron chi connectivity index (χ1n) is 12.9. The van der Waals surface area contributed by atoms with Crippen LogP contribution in [0.4, 0.5) is 15.8 Å². The molecule has 6 nitrogen and oxygen atoms in total. The third-order valence-corrected chi connectivity index (χ3v) is 7.27. The fourth-order valence-electron chi connectivity index (χ4n) is 5.59. The highest BCUT2D eigenvalue weighted by atomic mass is 19.1. The lowest BCUT2D eigenvalue weighted by Crippen LogP contribution is -2.54. The standard InChI is InChI=1S/C27H37BFN5O/c1-17-12-22-21(7-9-24-26(22)35-18(2)31-24)25(34(17)16-27(3,4)29)23-8-6-19(13-30-23)32-20-14-33(15-20)11-5-10-28/h6-9,13,17,20,25,31-32H,2,5,10-12,14-16,28H2,1,3-4H3/t17-,25?/m1/s1. The number of pyridine rings is 1. The van der Waals surface area contributed by atoms with E-state index in [1.165, 1.54) is 19.3 Å². The minimum atomic E-state index is -1.32. The van der Waals surface area contributed by atoms with Crippen molar-refractivity contribution in [3.05, 3.63) is 59.7 Å². The molecule has 35 heavy (non-hydrogen) atoms. The monoisotopic (exact) mass is 477 g/mol. The van der Waals surface area contributed by atoms with E-state index in [2.05, 4.69) is 60.0 Å². The maximum Gasteiger partial charge on any atom is 0.190 e. The predicted molar refractivity (Wildman–Crippen MR) is 143 cm³/mol. The number of fused-ring (bicyclic) bond motifs is 3. The van der Waals surface area contributed by atoms with Gasteiger partial charge in [-0.15, -0.1) is 0 Å². The molecule has 5 rings (SSSR count). The number of hydrogen-bond acceptors (Lipinski definition) is 6. The molecule has 0 amide bonds. The molecule has 0 radical (unpaired) electrons. The summed E-state index contributed by atoms with van der Waals surface area (Å²) in [4.78, 5) is 9.63. The van der Waals surface area contributed by atoms with E-state index in [0.717, 1.165) is 53.5 Å². The van der Waals surface area contributed by atoms with Gasteiger partial charge in [0.25, 0.3) is 0 Å². The van der Waals surface area contributed by atoms with E-state index in [0.29, 0.717) is 18.5 Å². The quantitative estimate of drug-likeness (QED) is 0.562. The highest BCUT2D eigenvalue weighted by Crippen LogP contribution is 2.47. The number of nitrogens with one attached hydrogen (secondary N) is 2. The highest BCUT2D eigenvalue weighted by Gasteiger charge is 2.40. The Kier molecular flexibility index (Phi) is 6.53. The molecule has 1 aromatic heterocycles. The van der Waals surface area contributed by atoms with Crippen LogP contribution in [0.15, 0.2) is 42.9 Å². The second-order valence-electron chi connectivity index (χ2n) is 10.9. The summed E-state index contributed by atoms with van der Waals surface area (Å²) >= 11 is 0. The Morgan fingerprint density at radius 1 is 1.29 bits per heavy atom. The van der Waals surface area contributed by atoms with Gasteiger partial charge in [-0.05, 0) is 70.5 Å². The van der Waals surface area contributed by atoms with Crippen molar-refractivity contribution in [3.63, 3.8) is 0 Å². The second-order valence-corrected chi connectivity index (χ2v) is 10.9. The van der Waals surface area contributed by atoms with Crippen LogP contribution >= 0.6 is 0 Å². The summed E-state index contributed by atoms with van der Waals surface area (Å²) in [6, 6.07) is 8.83. The number of rotatable bonds is 8. The summed E-state index contributed by atoms with van der Waals surface area (Å²) in [5.41, 5.74) is 3.87. The highest BCUT2D eigenvalue weighted by molar-refractivity contribution is 6.08. The smallest absolute Gasteiger partial charge is 0.190 e. The Bertz CT molecular complexity index is 1080. The molecule has 3 aliphatic rings. The van der Waals surface area contributed by atoms with Gasteiger partial charge in [0.1, 0.15) is 13.5 Å². The first kappa shape index (κ1) is 24.1. The zero-order chi connectivity index (χ0) is 24.7. The van der Waals surface area contributed by atoms with Crippen LogP contribution in [0.1, 0.15) is 50.1 Å². The van der Waals surface area contributed by atoms with Crippen LogP contribution in [-0.2, 0) is 6.42 Å². The average Bonchev–Trinajstić information content (AvgIpc) is 3.16. The van der Waals surface area contributed by atoms with Gasteiger partial charge in [0, 0.05) is 31.2 Å². The van der Waals surface area contributed by atoms with Crippen molar-refractivity contribution < 1.29 is 9.13 Å². The van der Waals surface area contributed by atoms with Crippen LogP contribution in [0.5, 0.6) is 5.75 Å². The van der Waals surface area contributed by atoms with Crippen LogP contribution in [0.2, 0.25) is 6.32 Å². The molecule has 0 bridgehead atoms. The number of ether oxygens (including phenoxy) is 1. The lowest BCUT2D eigenvalue weighted by Gasteiger charge is -2.43. The summed E-state index contributed by atoms with van der Waals surface area (Å²) in [6.07, 6.45) is 5.21. The fraction of sp³-hybridized carbons (Fsp3) is 0.519. The fourth-order valence-corrected chi connectivity index (χ4v) is 5.59. The Morgan fingerprint density at radius 3 is 2.77 bits per heavy atom. The molecule has 1 fully saturated rings. The largest absolute Gasteiger partial charge is 0.439 e. The van der Waals surface area contributed by atoms with Crippen LogP contribution < -0.4 is 15.4 Å². The molecule has 2 N–H and O–H groups in total. The Labute approximate surface area is 209 Å². The number of benzene rings is 1. The summed E-state index contributed by atoms with van der Waals surface area (Å²) in [5.74, 6) is 1.39. The molecule has 2 atom stereocenters. The van der Waals surface area contributed by atoms with Crippen LogP contribution in [0, 0.1) is 0 Å². The van der Waals surface area contributed by atoms with Gasteiger partial charge in [-0.2, -0.15) is 0 Å². The number of aromatic nitrogens is 1. The molecule has 0 spiro atoms. The first-order valence-corrected chi connectivity index (χ1v) is 12.9. The maximum absolute atomic E-state index is 14.9. The van der Waals surface area contributed by atoms with E-state index in [9.17, 15) is 4.39 Å². The SMILES string of the molecule is BCCCN1CC(Nc2ccc(C3c4ccc5c(c4C[C@@H](C)N3CC(C)(C)F)OC(=C)N5)nc2)C1. The van der Waals surface area contributed by atoms with E-state index in [1.54, 1.807) is 13.8 Å². The van der Waals surface area contributed by atoms with E-state index in [1.807, 2.05) is 12.3 Å². The van der Waals surface area contributed by atoms with E-state index in [4.69, 9.17) is 9.72 Å². The molecule has 4 heterocycles. The third kappa shape index (κ3) is 5.05. The van der Waals surface area contributed by atoms with Crippen molar-refractivity contribution in [1.82, 2.24) is 14.8 Å². The van der Waals surface area contributed by atoms with E-state index >= 15 is 0 Å². The first-order chi connectivity index (χ1) is 16.7. The zero-order valence-electron chi connectivity index (χ0n) is 21.4. The lowest BCUT2D eigenvalue weighted by atomic mass is 9.85. The third-order valence-electron chi connectivity index (χ3n) is 7.27. The summed E-state index contributed by atoms with van der Waals surface area (Å²) in [5, 5.41) is 6.82. The molecule has 3 aliphatic heterocycles. The molecule has 2 aromatic rings. The average molecular weight is 477 g/mol. The minimum Gasteiger partial charge on any atom is -0.439 e. The van der Waals surface area contributed by atoms with Crippen molar-refractivity contribution in [2.24, 2.45) is 0 Å². The molecule has 1 aromatic carbocycles. The normalized spacial score (nSPS) is 22.7. The van der Waals surface area contributed by atoms with Gasteiger partial charge in [0.15, 0.2) is 11.6 Å². The molecule has 0 saturated carbocycles. The number of nitrogens with zero attached hydrogens (tertiary/aromatic N) is 3. The van der Waals surface area contributed by atoms with Crippen molar-refractivity contribution in [1.29, 1.82) is 0 Å². The molecule has 0 aliphatic carbocycles. The van der Waals surface area contributed by atoms with Gasteiger partial charge in [0.2, 0.25) is 0 Å². The molecule has 1 saturated heterocycles. The second kappa shape index (κ2) is 9.47. The van der Waals surface area contributed by atoms with Crippen LogP contribution in [0.25, 0.3) is 0 Å². The number of anilines is 2. The van der Waals surface area contributed by atoms with Gasteiger partial charge in [-0.1, -0.05) is 12.4 Å². The van der Waals surface area contributed by atoms with Crippen LogP contribution in [-0.4, -0.2) is 66.6 Å².